The van der Waals surface area contributed by atoms with E-state index in [0.717, 1.165) is 38.2 Å². The molecule has 1 fully saturated rings. The Labute approximate surface area is 166 Å². The van der Waals surface area contributed by atoms with Gasteiger partial charge in [0.05, 0.1) is 22.5 Å². The van der Waals surface area contributed by atoms with Gasteiger partial charge in [-0.25, -0.2) is 17.9 Å². The van der Waals surface area contributed by atoms with Crippen molar-refractivity contribution in [3.63, 3.8) is 0 Å². The van der Waals surface area contributed by atoms with Gasteiger partial charge in [-0.2, -0.15) is 0 Å². The minimum absolute atomic E-state index is 0.0171. The first-order chi connectivity index (χ1) is 13.7. The fraction of sp³-hybridized carbons (Fsp3) is 0.222. The number of esters is 1. The summed E-state index contributed by atoms with van der Waals surface area (Å²) in [5, 5.41) is 13.6. The van der Waals surface area contributed by atoms with E-state index in [-0.39, 0.29) is 27.8 Å². The number of anilines is 1. The molecule has 10 nitrogen and oxygen atoms in total. The van der Waals surface area contributed by atoms with Crippen LogP contribution in [0.2, 0.25) is 0 Å². The van der Waals surface area contributed by atoms with Crippen LogP contribution in [0.4, 0.5) is 11.4 Å². The van der Waals surface area contributed by atoms with Gasteiger partial charge in [-0.3, -0.25) is 14.9 Å². The Morgan fingerprint density at radius 2 is 1.83 bits per heavy atom. The molecule has 1 aliphatic rings. The van der Waals surface area contributed by atoms with Gasteiger partial charge in [0.2, 0.25) is 10.0 Å². The van der Waals surface area contributed by atoms with E-state index in [1.54, 1.807) is 0 Å². The van der Waals surface area contributed by atoms with Crippen molar-refractivity contribution in [1.82, 2.24) is 4.72 Å². The van der Waals surface area contributed by atoms with Crippen molar-refractivity contribution in [2.45, 2.75) is 23.8 Å². The number of hydrogen-bond donors (Lipinski definition) is 2. The average Bonchev–Trinajstić information content (AvgIpc) is 3.50. The molecule has 2 aromatic rings. The highest BCUT2D eigenvalue weighted by Gasteiger charge is 2.28. The second-order valence-electron chi connectivity index (χ2n) is 6.39. The number of benzene rings is 2. The zero-order valence-electron chi connectivity index (χ0n) is 15.2. The third-order valence-corrected chi connectivity index (χ3v) is 5.63. The van der Waals surface area contributed by atoms with Gasteiger partial charge in [0.1, 0.15) is 0 Å². The van der Waals surface area contributed by atoms with Gasteiger partial charge in [0.15, 0.2) is 0 Å². The summed E-state index contributed by atoms with van der Waals surface area (Å²) in [4.78, 5) is 34.6. The van der Waals surface area contributed by atoms with Gasteiger partial charge in [-0.1, -0.05) is 6.07 Å². The van der Waals surface area contributed by atoms with Crippen LogP contribution in [-0.4, -0.2) is 38.4 Å². The Bertz CT molecular complexity index is 1090. The van der Waals surface area contributed by atoms with Crippen molar-refractivity contribution in [1.29, 1.82) is 0 Å². The quantitative estimate of drug-likeness (QED) is 0.397. The molecule has 152 valence electrons. The van der Waals surface area contributed by atoms with Gasteiger partial charge < -0.3 is 10.1 Å². The third-order valence-electron chi connectivity index (χ3n) is 4.11. The lowest BCUT2D eigenvalue weighted by Gasteiger charge is -2.10. The molecule has 0 radical (unpaired) electrons. The minimum Gasteiger partial charge on any atom is -0.465 e. The second kappa shape index (κ2) is 7.97. The van der Waals surface area contributed by atoms with Gasteiger partial charge in [-0.05, 0) is 37.1 Å². The molecule has 0 saturated heterocycles. The Kier molecular flexibility index (Phi) is 5.62. The first-order valence-corrected chi connectivity index (χ1v) is 9.99. The summed E-state index contributed by atoms with van der Waals surface area (Å²) in [6, 6.07) is 8.71. The number of ether oxygens (including phenoxy) is 1. The molecule has 11 heteroatoms. The third kappa shape index (κ3) is 4.95. The van der Waals surface area contributed by atoms with E-state index in [0.29, 0.717) is 0 Å². The van der Waals surface area contributed by atoms with E-state index in [4.69, 9.17) is 0 Å². The summed E-state index contributed by atoms with van der Waals surface area (Å²) >= 11 is 0. The van der Waals surface area contributed by atoms with Gasteiger partial charge in [0.25, 0.3) is 11.6 Å². The van der Waals surface area contributed by atoms with Crippen LogP contribution in [0.3, 0.4) is 0 Å². The number of carbonyl (C=O) groups is 2. The molecule has 1 saturated carbocycles. The molecule has 0 bridgehead atoms. The standard InChI is InChI=1S/C18H17N3O7S/c1-28-18(23)12-7-11(8-15(9-12)21(24)25)17(22)19-14-3-2-4-16(10-14)29(26,27)20-13-5-6-13/h2-4,7-10,13,20H,5-6H2,1H3,(H,19,22). The van der Waals surface area contributed by atoms with Crippen molar-refractivity contribution < 1.29 is 27.7 Å². The summed E-state index contributed by atoms with van der Waals surface area (Å²) < 4.78 is 31.7. The second-order valence-corrected chi connectivity index (χ2v) is 8.11. The lowest BCUT2D eigenvalue weighted by molar-refractivity contribution is -0.384. The first-order valence-electron chi connectivity index (χ1n) is 8.51. The number of amides is 1. The van der Waals surface area contributed by atoms with Crippen LogP contribution >= 0.6 is 0 Å². The zero-order chi connectivity index (χ0) is 21.2. The molecule has 2 aromatic carbocycles. The topological polar surface area (TPSA) is 145 Å². The molecule has 3 rings (SSSR count). The molecule has 0 heterocycles. The van der Waals surface area contributed by atoms with E-state index in [1.165, 1.54) is 24.3 Å². The van der Waals surface area contributed by atoms with Crippen LogP contribution in [0, 0.1) is 10.1 Å². The highest BCUT2D eigenvalue weighted by molar-refractivity contribution is 7.89. The van der Waals surface area contributed by atoms with Crippen molar-refractivity contribution in [2.75, 3.05) is 12.4 Å². The lowest BCUT2D eigenvalue weighted by atomic mass is 10.1. The van der Waals surface area contributed by atoms with Gasteiger partial charge in [-0.15, -0.1) is 0 Å². The summed E-state index contributed by atoms with van der Waals surface area (Å²) in [5.41, 5.74) is -0.580. The van der Waals surface area contributed by atoms with Gasteiger partial charge >= 0.3 is 5.97 Å². The number of methoxy groups -OCH3 is 1. The maximum atomic E-state index is 12.5. The van der Waals surface area contributed by atoms with Crippen LogP contribution in [0.1, 0.15) is 33.6 Å². The summed E-state index contributed by atoms with van der Waals surface area (Å²) in [6.07, 6.45) is 1.57. The Morgan fingerprint density at radius 3 is 2.45 bits per heavy atom. The van der Waals surface area contributed by atoms with Crippen LogP contribution in [0.5, 0.6) is 0 Å². The van der Waals surface area contributed by atoms with Crippen molar-refractivity contribution in [3.8, 4) is 0 Å². The average molecular weight is 419 g/mol. The maximum absolute atomic E-state index is 12.5. The van der Waals surface area contributed by atoms with Crippen molar-refractivity contribution >= 4 is 33.3 Å². The number of nitrogens with one attached hydrogen (secondary N) is 2. The van der Waals surface area contributed by atoms with Crippen LogP contribution < -0.4 is 10.0 Å². The largest absolute Gasteiger partial charge is 0.465 e. The molecule has 0 aromatic heterocycles. The van der Waals surface area contributed by atoms with Crippen LogP contribution in [-0.2, 0) is 14.8 Å². The monoisotopic (exact) mass is 419 g/mol. The lowest BCUT2D eigenvalue weighted by Crippen LogP contribution is -2.25. The molecule has 0 aliphatic heterocycles. The summed E-state index contributed by atoms with van der Waals surface area (Å²) in [6.45, 7) is 0. The predicted octanol–water partition coefficient (Wildman–Crippen LogP) is 2.07. The number of carbonyl (C=O) groups excluding carboxylic acids is 2. The zero-order valence-corrected chi connectivity index (χ0v) is 16.1. The van der Waals surface area contributed by atoms with Crippen LogP contribution in [0.15, 0.2) is 47.4 Å². The van der Waals surface area contributed by atoms with E-state index in [1.807, 2.05) is 0 Å². The Balaban J connectivity index is 1.86. The molecule has 2 N–H and O–H groups in total. The number of nitro benzene ring substituents is 1. The van der Waals surface area contributed by atoms with E-state index >= 15 is 0 Å². The molecule has 1 aliphatic carbocycles. The molecule has 1 amide bonds. The fourth-order valence-electron chi connectivity index (χ4n) is 2.52. The molecule has 0 atom stereocenters. The number of hydrogen-bond acceptors (Lipinski definition) is 7. The van der Waals surface area contributed by atoms with Crippen molar-refractivity contribution in [2.24, 2.45) is 0 Å². The molecular formula is C18H17N3O7S. The number of nitro groups is 1. The number of non-ortho nitro benzene ring substituents is 1. The predicted molar refractivity (Wildman–Crippen MR) is 102 cm³/mol. The molecule has 0 spiro atoms. The smallest absolute Gasteiger partial charge is 0.338 e. The summed E-state index contributed by atoms with van der Waals surface area (Å²) in [5.74, 6) is -1.58. The fourth-order valence-corrected chi connectivity index (χ4v) is 3.87. The first kappa shape index (κ1) is 20.4. The van der Waals surface area contributed by atoms with Crippen molar-refractivity contribution in [3.05, 3.63) is 63.7 Å². The van der Waals surface area contributed by atoms with Gasteiger partial charge in [0, 0.05) is 29.4 Å². The van der Waals surface area contributed by atoms with E-state index in [9.17, 15) is 28.1 Å². The normalized spacial score (nSPS) is 13.6. The summed E-state index contributed by atoms with van der Waals surface area (Å²) in [7, 11) is -2.60. The Hall–Kier alpha value is -3.31. The van der Waals surface area contributed by atoms with E-state index < -0.39 is 32.5 Å². The molecular weight excluding hydrogens is 402 g/mol. The van der Waals surface area contributed by atoms with Crippen LogP contribution in [0.25, 0.3) is 0 Å². The maximum Gasteiger partial charge on any atom is 0.338 e. The number of rotatable bonds is 7. The molecule has 29 heavy (non-hydrogen) atoms. The number of sulfonamides is 1. The van der Waals surface area contributed by atoms with E-state index in [2.05, 4.69) is 14.8 Å². The highest BCUT2D eigenvalue weighted by atomic mass is 32.2. The molecule has 0 unspecified atom stereocenters. The number of nitrogens with zero attached hydrogens (tertiary/aromatic N) is 1. The minimum atomic E-state index is -3.71. The highest BCUT2D eigenvalue weighted by Crippen LogP contribution is 2.24. The Morgan fingerprint density at radius 1 is 1.14 bits per heavy atom. The SMILES string of the molecule is COC(=O)c1cc(C(=O)Nc2cccc(S(=O)(=O)NC3CC3)c2)cc([N+](=O)[O-])c1.